The Labute approximate surface area is 124 Å². The molecule has 0 radical (unpaired) electrons. The average Bonchev–Trinajstić information content (AvgIpc) is 2.39. The lowest BCUT2D eigenvalue weighted by Gasteiger charge is -2.14. The molecule has 4 heteroatoms. The van der Waals surface area contributed by atoms with Gasteiger partial charge in [0.25, 0.3) is 0 Å². The molecule has 2 rings (SSSR count). The number of rotatable bonds is 4. The molecule has 2 unspecified atom stereocenters. The van der Waals surface area contributed by atoms with Crippen molar-refractivity contribution in [3.8, 4) is 0 Å². The van der Waals surface area contributed by atoms with E-state index in [1.165, 1.54) is 0 Å². The molecule has 2 atom stereocenters. The van der Waals surface area contributed by atoms with Crippen molar-refractivity contribution in [2.45, 2.75) is 17.9 Å². The van der Waals surface area contributed by atoms with Gasteiger partial charge in [-0.1, -0.05) is 36.4 Å². The van der Waals surface area contributed by atoms with E-state index in [0.717, 1.165) is 20.5 Å². The fourth-order valence-corrected chi connectivity index (χ4v) is 4.00. The first-order valence-corrected chi connectivity index (χ1v) is 8.15. The van der Waals surface area contributed by atoms with Gasteiger partial charge in [-0.25, -0.2) is 0 Å². The molecule has 0 aromatic heterocycles. The largest absolute Gasteiger partial charge is 0.323 e. The molecule has 2 aromatic carbocycles. The van der Waals surface area contributed by atoms with E-state index in [0.29, 0.717) is 5.75 Å². The Balaban J connectivity index is 2.16. The van der Waals surface area contributed by atoms with Crippen molar-refractivity contribution in [1.29, 1.82) is 0 Å². The van der Waals surface area contributed by atoms with Gasteiger partial charge < -0.3 is 5.73 Å². The van der Waals surface area contributed by atoms with Gasteiger partial charge in [-0.3, -0.25) is 4.21 Å². The first kappa shape index (κ1) is 14.4. The van der Waals surface area contributed by atoms with Crippen LogP contribution in [-0.4, -0.2) is 9.96 Å². The monoisotopic (exact) mass is 337 g/mol. The van der Waals surface area contributed by atoms with E-state index in [-0.39, 0.29) is 6.04 Å². The zero-order valence-corrected chi connectivity index (χ0v) is 13.1. The normalized spacial score (nSPS) is 14.1. The molecule has 0 heterocycles. The van der Waals surface area contributed by atoms with E-state index in [1.807, 2.05) is 55.5 Å². The standard InChI is InChI=1S/C15H16BrNOS/c1-11-6-2-3-7-12(11)14(17)10-19(18)15-9-5-4-8-13(15)16/h2-9,14H,10,17H2,1H3. The Bertz CT molecular complexity index is 600. The predicted molar refractivity (Wildman–Crippen MR) is 83.5 cm³/mol. The van der Waals surface area contributed by atoms with Crippen LogP contribution in [0.25, 0.3) is 0 Å². The third-order valence-corrected chi connectivity index (χ3v) is 5.46. The Hall–Kier alpha value is -0.970. The van der Waals surface area contributed by atoms with Crippen LogP contribution >= 0.6 is 15.9 Å². The van der Waals surface area contributed by atoms with Crippen LogP contribution in [0.15, 0.2) is 57.9 Å². The highest BCUT2D eigenvalue weighted by molar-refractivity contribution is 9.10. The van der Waals surface area contributed by atoms with Crippen molar-refractivity contribution in [3.05, 3.63) is 64.1 Å². The van der Waals surface area contributed by atoms with Crippen molar-refractivity contribution < 1.29 is 4.21 Å². The van der Waals surface area contributed by atoms with Crippen LogP contribution in [0.1, 0.15) is 17.2 Å². The third kappa shape index (κ3) is 3.53. The topological polar surface area (TPSA) is 43.1 Å². The molecule has 0 fully saturated rings. The minimum atomic E-state index is -1.11. The Morgan fingerprint density at radius 3 is 2.47 bits per heavy atom. The lowest BCUT2D eigenvalue weighted by Crippen LogP contribution is -2.19. The van der Waals surface area contributed by atoms with E-state index < -0.39 is 10.8 Å². The zero-order valence-electron chi connectivity index (χ0n) is 10.7. The van der Waals surface area contributed by atoms with E-state index in [2.05, 4.69) is 15.9 Å². The minimum absolute atomic E-state index is 0.214. The summed E-state index contributed by atoms with van der Waals surface area (Å²) in [7, 11) is -1.11. The number of benzene rings is 2. The van der Waals surface area contributed by atoms with Gasteiger partial charge in [-0.15, -0.1) is 0 Å². The smallest absolute Gasteiger partial charge is 0.0560 e. The molecule has 0 amide bonds. The summed E-state index contributed by atoms with van der Waals surface area (Å²) in [6, 6.07) is 15.3. The second-order valence-corrected chi connectivity index (χ2v) is 6.72. The SMILES string of the molecule is Cc1ccccc1C(N)CS(=O)c1ccccc1Br. The molecule has 2 aromatic rings. The van der Waals surface area contributed by atoms with Gasteiger partial charge >= 0.3 is 0 Å². The maximum absolute atomic E-state index is 12.4. The van der Waals surface area contributed by atoms with Crippen LogP contribution in [0.5, 0.6) is 0 Å². The molecular weight excluding hydrogens is 322 g/mol. The lowest BCUT2D eigenvalue weighted by atomic mass is 10.0. The van der Waals surface area contributed by atoms with E-state index in [1.54, 1.807) is 0 Å². The van der Waals surface area contributed by atoms with E-state index >= 15 is 0 Å². The van der Waals surface area contributed by atoms with Gasteiger partial charge in [-0.05, 0) is 46.1 Å². The van der Waals surface area contributed by atoms with Gasteiger partial charge in [0, 0.05) is 16.3 Å². The molecule has 0 aliphatic carbocycles. The van der Waals surface area contributed by atoms with Gasteiger partial charge in [0.1, 0.15) is 0 Å². The summed E-state index contributed by atoms with van der Waals surface area (Å²) in [4.78, 5) is 0.798. The highest BCUT2D eigenvalue weighted by atomic mass is 79.9. The molecule has 2 N–H and O–H groups in total. The Morgan fingerprint density at radius 1 is 1.16 bits per heavy atom. The first-order valence-electron chi connectivity index (χ1n) is 6.03. The number of hydrogen-bond acceptors (Lipinski definition) is 2. The summed E-state index contributed by atoms with van der Waals surface area (Å²) in [6.07, 6.45) is 0. The van der Waals surface area contributed by atoms with Gasteiger partial charge in [0.2, 0.25) is 0 Å². The van der Waals surface area contributed by atoms with Crippen molar-refractivity contribution in [2.75, 3.05) is 5.75 Å². The quantitative estimate of drug-likeness (QED) is 0.926. The molecule has 100 valence electrons. The second kappa shape index (κ2) is 6.46. The maximum atomic E-state index is 12.4. The summed E-state index contributed by atoms with van der Waals surface area (Å²) >= 11 is 3.42. The fourth-order valence-electron chi connectivity index (χ4n) is 1.97. The van der Waals surface area contributed by atoms with E-state index in [4.69, 9.17) is 5.73 Å². The van der Waals surface area contributed by atoms with Gasteiger partial charge in [-0.2, -0.15) is 0 Å². The molecule has 0 bridgehead atoms. The molecule has 0 saturated heterocycles. The average molecular weight is 338 g/mol. The summed E-state index contributed by atoms with van der Waals surface area (Å²) in [5.74, 6) is 0.424. The van der Waals surface area contributed by atoms with Gasteiger partial charge in [0.05, 0.1) is 15.7 Å². The summed E-state index contributed by atoms with van der Waals surface area (Å²) in [5.41, 5.74) is 8.37. The van der Waals surface area contributed by atoms with Crippen LogP contribution in [0.4, 0.5) is 0 Å². The lowest BCUT2D eigenvalue weighted by molar-refractivity contribution is 0.674. The Kier molecular flexibility index (Phi) is 4.91. The van der Waals surface area contributed by atoms with Crippen LogP contribution in [0.3, 0.4) is 0 Å². The molecular formula is C15H16BrNOS. The highest BCUT2D eigenvalue weighted by Gasteiger charge is 2.15. The summed E-state index contributed by atoms with van der Waals surface area (Å²) in [5, 5.41) is 0. The van der Waals surface area contributed by atoms with Gasteiger partial charge in [0.15, 0.2) is 0 Å². The van der Waals surface area contributed by atoms with Crippen LogP contribution in [0.2, 0.25) is 0 Å². The fraction of sp³-hybridized carbons (Fsp3) is 0.200. The Morgan fingerprint density at radius 2 is 1.79 bits per heavy atom. The van der Waals surface area contributed by atoms with Crippen molar-refractivity contribution >= 4 is 26.7 Å². The summed E-state index contributed by atoms with van der Waals surface area (Å²) < 4.78 is 13.2. The predicted octanol–water partition coefficient (Wildman–Crippen LogP) is 3.57. The molecule has 0 aliphatic heterocycles. The molecule has 0 saturated carbocycles. The third-order valence-electron chi connectivity index (χ3n) is 3.00. The number of aryl methyl sites for hydroxylation is 1. The van der Waals surface area contributed by atoms with Crippen LogP contribution in [-0.2, 0) is 10.8 Å². The second-order valence-electron chi connectivity index (χ2n) is 4.41. The van der Waals surface area contributed by atoms with Crippen molar-refractivity contribution in [3.63, 3.8) is 0 Å². The zero-order chi connectivity index (χ0) is 13.8. The maximum Gasteiger partial charge on any atom is 0.0560 e. The van der Waals surface area contributed by atoms with Crippen molar-refractivity contribution in [1.82, 2.24) is 0 Å². The summed E-state index contributed by atoms with van der Waals surface area (Å²) in [6.45, 7) is 2.02. The molecule has 2 nitrogen and oxygen atoms in total. The molecule has 0 aliphatic rings. The van der Waals surface area contributed by atoms with Crippen LogP contribution < -0.4 is 5.73 Å². The van der Waals surface area contributed by atoms with Crippen LogP contribution in [0, 0.1) is 6.92 Å². The van der Waals surface area contributed by atoms with E-state index in [9.17, 15) is 4.21 Å². The molecule has 19 heavy (non-hydrogen) atoms. The number of hydrogen-bond donors (Lipinski definition) is 1. The van der Waals surface area contributed by atoms with Crippen molar-refractivity contribution in [2.24, 2.45) is 5.73 Å². The highest BCUT2D eigenvalue weighted by Crippen LogP contribution is 2.23. The molecule has 0 spiro atoms. The minimum Gasteiger partial charge on any atom is -0.323 e. The first-order chi connectivity index (χ1) is 9.09. The number of halogens is 1. The number of nitrogens with two attached hydrogens (primary N) is 1.